The molecule has 0 bridgehead atoms. The molecular weight excluding hydrogens is 262 g/mol. The minimum atomic E-state index is 0. The third kappa shape index (κ3) is 345. The molecule has 4 N–H and O–H groups in total. The summed E-state index contributed by atoms with van der Waals surface area (Å²) in [7, 11) is 0. The van der Waals surface area contributed by atoms with E-state index in [-0.39, 0.29) is 20.4 Å². The molecule has 0 aromatic heterocycles. The molecule has 0 aromatic carbocycles. The second-order valence-electron chi connectivity index (χ2n) is 1.08. The molecule has 0 aliphatic carbocycles. The van der Waals surface area contributed by atoms with Crippen molar-refractivity contribution >= 4 is 0 Å². The van der Waals surface area contributed by atoms with Gasteiger partial charge in [-0.1, -0.05) is 0 Å². The monoisotopic (exact) mass is 272 g/mol. The normalized spacial score (nSPS) is 5.50. The van der Waals surface area contributed by atoms with Crippen LogP contribution < -0.4 is 11.5 Å². The van der Waals surface area contributed by atoms with E-state index in [4.69, 9.17) is 31.7 Å². The number of nitrogens with zero attached hydrogens (tertiary/aromatic N) is 2. The quantitative estimate of drug-likeness (QED) is 0.402. The standard InChI is InChI=1S/C3H10N2.2HNO2.Pd/c4-2-1-3-5;2*2-1-3;/h1-5H2;2*(H,2,3);/p-2. The summed E-state index contributed by atoms with van der Waals surface area (Å²) in [5, 5.41) is 18.0. The van der Waals surface area contributed by atoms with Gasteiger partial charge < -0.3 is 31.7 Å². The third-order valence-electron chi connectivity index (χ3n) is 0.408. The Bertz CT molecular complexity index is 67.3. The summed E-state index contributed by atoms with van der Waals surface area (Å²) < 4.78 is 0. The minimum absolute atomic E-state index is 0. The van der Waals surface area contributed by atoms with Crippen LogP contribution in [0.25, 0.3) is 0 Å². The van der Waals surface area contributed by atoms with Crippen molar-refractivity contribution in [1.82, 2.24) is 0 Å². The Morgan fingerprint density at radius 1 is 1.00 bits per heavy atom. The predicted octanol–water partition coefficient (Wildman–Crippen LogP) is -0.207. The molecule has 8 nitrogen and oxygen atoms in total. The van der Waals surface area contributed by atoms with E-state index in [0.29, 0.717) is 0 Å². The van der Waals surface area contributed by atoms with Gasteiger partial charge in [-0.05, 0) is 19.5 Å². The molecule has 0 saturated heterocycles. The molecule has 0 atom stereocenters. The second-order valence-corrected chi connectivity index (χ2v) is 1.08. The Hall–Kier alpha value is -0.618. The van der Waals surface area contributed by atoms with Crippen LogP contribution in [0.5, 0.6) is 0 Å². The molecule has 0 spiro atoms. The minimum Gasteiger partial charge on any atom is -0.444 e. The van der Waals surface area contributed by atoms with Gasteiger partial charge in [-0.2, -0.15) is 0 Å². The van der Waals surface area contributed by atoms with Crippen molar-refractivity contribution in [2.75, 3.05) is 13.1 Å². The van der Waals surface area contributed by atoms with Crippen LogP contribution in [0.4, 0.5) is 0 Å². The SMILES string of the molecule is NCCCN.O=N[O-].O=N[O-].[Pd]. The zero-order valence-corrected chi connectivity index (χ0v) is 7.67. The number of rotatable bonds is 2. The Labute approximate surface area is 82.8 Å². The van der Waals surface area contributed by atoms with E-state index in [1.165, 1.54) is 0 Å². The largest absolute Gasteiger partial charge is 0.444 e. The van der Waals surface area contributed by atoms with Crippen LogP contribution in [0.15, 0.2) is 10.7 Å². The molecule has 0 aliphatic rings. The summed E-state index contributed by atoms with van der Waals surface area (Å²) in [5.41, 5.74) is 10.1. The molecule has 0 fully saturated rings. The predicted molar refractivity (Wildman–Crippen MR) is 41.0 cm³/mol. The van der Waals surface area contributed by atoms with Crippen molar-refractivity contribution in [3.8, 4) is 0 Å². The third-order valence-corrected chi connectivity index (χ3v) is 0.408. The Morgan fingerprint density at radius 3 is 1.17 bits per heavy atom. The summed E-state index contributed by atoms with van der Waals surface area (Å²) >= 11 is 0. The molecule has 0 aliphatic heterocycles. The topological polar surface area (TPSA) is 157 Å². The van der Waals surface area contributed by atoms with Gasteiger partial charge >= 0.3 is 0 Å². The van der Waals surface area contributed by atoms with Crippen LogP contribution in [-0.2, 0) is 20.4 Å². The fraction of sp³-hybridized carbons (Fsp3) is 1.00. The molecule has 78 valence electrons. The fourth-order valence-corrected chi connectivity index (χ4v) is 0.118. The molecule has 9 heteroatoms. The smallest absolute Gasteiger partial charge is 0 e. The number of hydrogen-bond acceptors (Lipinski definition) is 8. The first-order chi connectivity index (χ1) is 5.24. The molecule has 0 heterocycles. The van der Waals surface area contributed by atoms with Crippen LogP contribution in [-0.4, -0.2) is 13.1 Å². The number of hydrogen-bond donors (Lipinski definition) is 2. The summed E-state index contributed by atoms with van der Waals surface area (Å²) in [6.07, 6.45) is 0.944. The van der Waals surface area contributed by atoms with Crippen molar-refractivity contribution in [3.63, 3.8) is 0 Å². The molecule has 0 amide bonds. The maximum Gasteiger partial charge on any atom is 0 e. The van der Waals surface area contributed by atoms with E-state index in [9.17, 15) is 0 Å². The zero-order chi connectivity index (χ0) is 9.54. The molecule has 0 rings (SSSR count). The van der Waals surface area contributed by atoms with E-state index in [1.54, 1.807) is 0 Å². The van der Waals surface area contributed by atoms with Gasteiger partial charge in [0.25, 0.3) is 0 Å². The first-order valence-electron chi connectivity index (χ1n) is 2.55. The van der Waals surface area contributed by atoms with Gasteiger partial charge in [0.05, 0.1) is 0 Å². The van der Waals surface area contributed by atoms with Crippen LogP contribution in [0, 0.1) is 20.2 Å². The molecule has 12 heavy (non-hydrogen) atoms. The molecule has 0 radical (unpaired) electrons. The molecule has 0 saturated carbocycles. The van der Waals surface area contributed by atoms with Gasteiger partial charge in [0, 0.05) is 20.4 Å². The van der Waals surface area contributed by atoms with E-state index >= 15 is 0 Å². The molecule has 0 aromatic rings. The second kappa shape index (κ2) is 47.6. The molecular formula is C3H10N4O4Pd-2. The van der Waals surface area contributed by atoms with Gasteiger partial charge in [-0.3, -0.25) is 0 Å². The van der Waals surface area contributed by atoms with Gasteiger partial charge in [0.2, 0.25) is 0 Å². The van der Waals surface area contributed by atoms with Crippen LogP contribution in [0.1, 0.15) is 6.42 Å². The van der Waals surface area contributed by atoms with Crippen molar-refractivity contribution in [3.05, 3.63) is 20.2 Å². The van der Waals surface area contributed by atoms with Crippen molar-refractivity contribution in [2.45, 2.75) is 6.42 Å². The van der Waals surface area contributed by atoms with Crippen molar-refractivity contribution in [2.24, 2.45) is 22.1 Å². The average molecular weight is 273 g/mol. The fourth-order valence-electron chi connectivity index (χ4n) is 0.118. The van der Waals surface area contributed by atoms with E-state index in [1.807, 2.05) is 0 Å². The zero-order valence-electron chi connectivity index (χ0n) is 6.12. The van der Waals surface area contributed by atoms with Crippen LogP contribution in [0.2, 0.25) is 0 Å². The number of nitrogens with two attached hydrogens (primary N) is 2. The summed E-state index contributed by atoms with van der Waals surface area (Å²) in [5.74, 6) is 0. The summed E-state index contributed by atoms with van der Waals surface area (Å²) in [4.78, 5) is 16.0. The van der Waals surface area contributed by atoms with Gasteiger partial charge in [-0.25, -0.2) is 0 Å². The maximum atomic E-state index is 8.00. The Kier molecular flexibility index (Phi) is 89.3. The summed E-state index contributed by atoms with van der Waals surface area (Å²) in [6.45, 7) is 1.44. The first kappa shape index (κ1) is 22.5. The van der Waals surface area contributed by atoms with E-state index in [2.05, 4.69) is 0 Å². The van der Waals surface area contributed by atoms with Crippen LogP contribution in [0.3, 0.4) is 0 Å². The van der Waals surface area contributed by atoms with Gasteiger partial charge in [-0.15, -0.1) is 10.7 Å². The van der Waals surface area contributed by atoms with Crippen molar-refractivity contribution in [1.29, 1.82) is 0 Å². The Morgan fingerprint density at radius 2 is 1.17 bits per heavy atom. The maximum absolute atomic E-state index is 8.00. The van der Waals surface area contributed by atoms with Crippen LogP contribution >= 0.6 is 0 Å². The average Bonchev–Trinajstić information content (AvgIpc) is 1.92. The van der Waals surface area contributed by atoms with E-state index < -0.39 is 0 Å². The van der Waals surface area contributed by atoms with Crippen molar-refractivity contribution < 1.29 is 20.4 Å². The first-order valence-corrected chi connectivity index (χ1v) is 2.55. The van der Waals surface area contributed by atoms with E-state index in [0.717, 1.165) is 30.2 Å². The van der Waals surface area contributed by atoms with Gasteiger partial charge in [0.1, 0.15) is 0 Å². The molecule has 0 unspecified atom stereocenters. The van der Waals surface area contributed by atoms with Gasteiger partial charge in [0.15, 0.2) is 0 Å². The summed E-state index contributed by atoms with van der Waals surface area (Å²) in [6, 6.07) is 0. The Balaban J connectivity index is -0.0000000406.